The third kappa shape index (κ3) is 5.84. The maximum atomic E-state index is 5.20. The van der Waals surface area contributed by atoms with E-state index in [1.165, 1.54) is 0 Å². The van der Waals surface area contributed by atoms with E-state index in [0.29, 0.717) is 17.5 Å². The number of para-hydroxylation sites is 2. The lowest BCUT2D eigenvalue weighted by Gasteiger charge is -2.41. The number of amidine groups is 2. The van der Waals surface area contributed by atoms with Gasteiger partial charge in [0.1, 0.15) is 11.4 Å². The summed E-state index contributed by atoms with van der Waals surface area (Å²) >= 11 is 0. The Bertz CT molecular complexity index is 2220. The maximum absolute atomic E-state index is 5.20. The van der Waals surface area contributed by atoms with Gasteiger partial charge in [-0.05, 0) is 104 Å². The number of aromatic nitrogens is 5. The minimum absolute atomic E-state index is 0.280. The van der Waals surface area contributed by atoms with Gasteiger partial charge in [-0.25, -0.2) is 15.0 Å². The van der Waals surface area contributed by atoms with E-state index >= 15 is 0 Å². The zero-order valence-electron chi connectivity index (χ0n) is 32.1. The molecule has 0 radical (unpaired) electrons. The molecule has 0 N–H and O–H groups in total. The van der Waals surface area contributed by atoms with Crippen molar-refractivity contribution in [3.05, 3.63) is 139 Å². The Hall–Kier alpha value is -6.09. The minimum atomic E-state index is -0.341. The monoisotopic (exact) mass is 711 g/mol. The van der Waals surface area contributed by atoms with E-state index in [4.69, 9.17) is 34.9 Å². The Kier molecular flexibility index (Phi) is 8.28. The summed E-state index contributed by atoms with van der Waals surface area (Å²) in [6.45, 7) is 17.6. The average molecular weight is 712 g/mol. The van der Waals surface area contributed by atoms with Gasteiger partial charge in [0.05, 0.1) is 22.2 Å². The first-order chi connectivity index (χ1) is 25.8. The Morgan fingerprint density at radius 1 is 0.389 bits per heavy atom. The average Bonchev–Trinajstić information content (AvgIpc) is 3.50. The number of nitrogens with zero attached hydrogens (tertiary/aromatic N) is 9. The van der Waals surface area contributed by atoms with E-state index in [9.17, 15) is 0 Å². The van der Waals surface area contributed by atoms with Crippen LogP contribution in [0.1, 0.15) is 66.8 Å². The molecule has 3 aromatic carbocycles. The van der Waals surface area contributed by atoms with Crippen molar-refractivity contribution in [3.63, 3.8) is 0 Å². The second-order valence-corrected chi connectivity index (χ2v) is 16.0. The Balaban J connectivity index is 1.16. The molecule has 0 atom stereocenters. The third-order valence-corrected chi connectivity index (χ3v) is 11.5. The van der Waals surface area contributed by atoms with Crippen molar-refractivity contribution in [3.8, 4) is 34.2 Å². The van der Waals surface area contributed by atoms with Crippen LogP contribution in [-0.4, -0.2) is 58.7 Å². The SMILES string of the molecule is CC1(C)N=C(c2ccc(-c3nc(-c4ccccc4)nc(-c4ccc(C5=NC(C)(C)C(C)(C)N5c5ccccc5)nc4)n3)cn2)N(c2ccccc2)C1(C)C. The quantitative estimate of drug-likeness (QED) is 0.163. The number of anilines is 2. The number of hydrogen-bond acceptors (Lipinski definition) is 9. The van der Waals surface area contributed by atoms with Gasteiger partial charge in [-0.3, -0.25) is 20.0 Å². The van der Waals surface area contributed by atoms with Gasteiger partial charge in [0.2, 0.25) is 0 Å². The number of benzene rings is 3. The molecule has 54 heavy (non-hydrogen) atoms. The highest BCUT2D eigenvalue weighted by Crippen LogP contribution is 2.43. The van der Waals surface area contributed by atoms with E-state index < -0.39 is 0 Å². The Morgan fingerprint density at radius 2 is 0.741 bits per heavy atom. The number of hydrogen-bond donors (Lipinski definition) is 0. The minimum Gasteiger partial charge on any atom is -0.317 e. The molecule has 0 unspecified atom stereocenters. The fourth-order valence-electron chi connectivity index (χ4n) is 7.03. The van der Waals surface area contributed by atoms with Gasteiger partial charge in [0.25, 0.3) is 0 Å². The predicted molar refractivity (Wildman–Crippen MR) is 219 cm³/mol. The highest BCUT2D eigenvalue weighted by molar-refractivity contribution is 6.12. The first-order valence-electron chi connectivity index (χ1n) is 18.4. The highest BCUT2D eigenvalue weighted by Gasteiger charge is 2.51. The molecule has 0 spiro atoms. The summed E-state index contributed by atoms with van der Waals surface area (Å²) in [6, 6.07) is 38.8. The summed E-state index contributed by atoms with van der Waals surface area (Å²) in [5.41, 5.74) is 4.91. The highest BCUT2D eigenvalue weighted by atomic mass is 15.4. The lowest BCUT2D eigenvalue weighted by molar-refractivity contribution is 0.338. The summed E-state index contributed by atoms with van der Waals surface area (Å²) in [7, 11) is 0. The molecule has 0 bridgehead atoms. The van der Waals surface area contributed by atoms with E-state index in [-0.39, 0.29) is 22.2 Å². The molecule has 3 aromatic heterocycles. The molecule has 0 fully saturated rings. The van der Waals surface area contributed by atoms with Crippen LogP contribution in [0.3, 0.4) is 0 Å². The van der Waals surface area contributed by atoms with Crippen LogP contribution in [0.25, 0.3) is 34.2 Å². The second kappa shape index (κ2) is 12.8. The smallest absolute Gasteiger partial charge is 0.165 e. The van der Waals surface area contributed by atoms with Crippen LogP contribution in [0.4, 0.5) is 11.4 Å². The molecule has 0 saturated heterocycles. The van der Waals surface area contributed by atoms with Crippen molar-refractivity contribution in [2.24, 2.45) is 9.98 Å². The van der Waals surface area contributed by atoms with Crippen LogP contribution in [0.15, 0.2) is 138 Å². The third-order valence-electron chi connectivity index (χ3n) is 11.5. The molecular weight excluding hydrogens is 667 g/mol. The molecule has 2 aliphatic rings. The van der Waals surface area contributed by atoms with Crippen LogP contribution >= 0.6 is 0 Å². The maximum Gasteiger partial charge on any atom is 0.165 e. The van der Waals surface area contributed by atoms with Crippen LogP contribution in [0.2, 0.25) is 0 Å². The first kappa shape index (κ1) is 35.0. The molecule has 270 valence electrons. The topological polar surface area (TPSA) is 95.6 Å². The fraction of sp³-hybridized carbons (Fsp3) is 0.267. The van der Waals surface area contributed by atoms with Crippen molar-refractivity contribution in [1.82, 2.24) is 24.9 Å². The molecule has 6 aromatic rings. The zero-order valence-corrected chi connectivity index (χ0v) is 32.1. The van der Waals surface area contributed by atoms with Crippen LogP contribution in [0, 0.1) is 0 Å². The van der Waals surface area contributed by atoms with Crippen molar-refractivity contribution in [1.29, 1.82) is 0 Å². The molecule has 8 rings (SSSR count). The zero-order chi connectivity index (χ0) is 37.9. The van der Waals surface area contributed by atoms with Crippen LogP contribution in [0.5, 0.6) is 0 Å². The van der Waals surface area contributed by atoms with Crippen molar-refractivity contribution in [2.45, 2.75) is 77.5 Å². The van der Waals surface area contributed by atoms with Gasteiger partial charge < -0.3 is 9.80 Å². The number of pyridine rings is 2. The second-order valence-electron chi connectivity index (χ2n) is 16.0. The molecule has 0 saturated carbocycles. The fourth-order valence-corrected chi connectivity index (χ4v) is 7.03. The van der Waals surface area contributed by atoms with Crippen molar-refractivity contribution >= 4 is 23.0 Å². The van der Waals surface area contributed by atoms with E-state index in [2.05, 4.69) is 114 Å². The molecule has 5 heterocycles. The van der Waals surface area contributed by atoms with Crippen molar-refractivity contribution in [2.75, 3.05) is 9.80 Å². The van der Waals surface area contributed by atoms with E-state index in [0.717, 1.165) is 51.1 Å². The van der Waals surface area contributed by atoms with Gasteiger partial charge in [-0.15, -0.1) is 0 Å². The Morgan fingerprint density at radius 3 is 1.09 bits per heavy atom. The van der Waals surface area contributed by atoms with Crippen molar-refractivity contribution < 1.29 is 0 Å². The Labute approximate surface area is 317 Å². The van der Waals surface area contributed by atoms with Gasteiger partial charge in [-0.1, -0.05) is 66.7 Å². The molecular formula is C45H45N9. The summed E-state index contributed by atoms with van der Waals surface area (Å²) in [4.78, 5) is 39.8. The van der Waals surface area contributed by atoms with E-state index in [1.807, 2.05) is 79.1 Å². The van der Waals surface area contributed by atoms with Crippen LogP contribution in [-0.2, 0) is 0 Å². The lowest BCUT2D eigenvalue weighted by Crippen LogP contribution is -2.53. The van der Waals surface area contributed by atoms with Gasteiger partial charge in [0, 0.05) is 40.5 Å². The lowest BCUT2D eigenvalue weighted by atomic mass is 9.83. The number of rotatable bonds is 7. The molecule has 0 amide bonds. The number of aliphatic imine (C=N–C) groups is 2. The summed E-state index contributed by atoms with van der Waals surface area (Å²) < 4.78 is 0. The van der Waals surface area contributed by atoms with E-state index in [1.54, 1.807) is 0 Å². The summed E-state index contributed by atoms with van der Waals surface area (Å²) in [5, 5.41) is 0. The summed E-state index contributed by atoms with van der Waals surface area (Å²) in [6.07, 6.45) is 3.66. The largest absolute Gasteiger partial charge is 0.317 e. The standard InChI is InChI=1S/C45H45N9/c1-42(2)44(5,6)53(33-20-14-10-15-21-33)40(51-42)35-26-24-31(28-46-35)38-48-37(30-18-12-9-13-19-30)49-39(50-38)32-25-27-36(47-29-32)41-52-43(3,4)45(7,8)54(41)34-22-16-11-17-23-34/h9-29H,1-8H3. The van der Waals surface area contributed by atoms with Gasteiger partial charge in [-0.2, -0.15) is 0 Å². The van der Waals surface area contributed by atoms with Crippen LogP contribution < -0.4 is 9.80 Å². The predicted octanol–water partition coefficient (Wildman–Crippen LogP) is 9.31. The first-order valence-corrected chi connectivity index (χ1v) is 18.4. The molecule has 9 heteroatoms. The van der Waals surface area contributed by atoms with Gasteiger partial charge in [0.15, 0.2) is 29.1 Å². The summed E-state index contributed by atoms with van der Waals surface area (Å²) in [5.74, 6) is 3.28. The van der Waals surface area contributed by atoms with Gasteiger partial charge >= 0.3 is 0 Å². The normalized spacial score (nSPS) is 18.0. The molecule has 2 aliphatic heterocycles. The molecule has 0 aliphatic carbocycles. The molecule has 9 nitrogen and oxygen atoms in total.